The quantitative estimate of drug-likeness (QED) is 0.706. The lowest BCUT2D eigenvalue weighted by Crippen LogP contribution is -2.28. The highest BCUT2D eigenvalue weighted by molar-refractivity contribution is 9.10. The van der Waals surface area contributed by atoms with Crippen molar-refractivity contribution in [1.82, 2.24) is 19.9 Å². The van der Waals surface area contributed by atoms with Gasteiger partial charge in [0.15, 0.2) is 11.5 Å². The van der Waals surface area contributed by atoms with Gasteiger partial charge in [-0.15, -0.1) is 10.2 Å². The molecule has 0 spiro atoms. The van der Waals surface area contributed by atoms with Crippen molar-refractivity contribution in [2.24, 2.45) is 0 Å². The van der Waals surface area contributed by atoms with Crippen molar-refractivity contribution >= 4 is 27.5 Å². The molecule has 1 unspecified atom stereocenters. The monoisotopic (exact) mass is 404 g/mol. The van der Waals surface area contributed by atoms with Gasteiger partial charge in [-0.1, -0.05) is 6.07 Å². The number of amides is 1. The van der Waals surface area contributed by atoms with Gasteiger partial charge >= 0.3 is 0 Å². The highest BCUT2D eigenvalue weighted by Crippen LogP contribution is 2.35. The van der Waals surface area contributed by atoms with Crippen molar-refractivity contribution in [2.45, 2.75) is 13.0 Å². The molecule has 25 heavy (non-hydrogen) atoms. The molecule has 2 aromatic heterocycles. The number of benzene rings is 1. The van der Waals surface area contributed by atoms with Crippen molar-refractivity contribution in [2.75, 3.05) is 14.2 Å². The zero-order valence-electron chi connectivity index (χ0n) is 14.0. The number of nitrogens with zero attached hydrogens (tertiary/aromatic N) is 3. The van der Waals surface area contributed by atoms with Crippen molar-refractivity contribution in [3.63, 3.8) is 0 Å². The van der Waals surface area contributed by atoms with Gasteiger partial charge < -0.3 is 14.8 Å². The number of aromatic nitrogens is 3. The van der Waals surface area contributed by atoms with E-state index in [1.165, 1.54) is 14.2 Å². The first-order chi connectivity index (χ1) is 12.0. The van der Waals surface area contributed by atoms with Crippen LogP contribution in [0.5, 0.6) is 11.5 Å². The number of pyridine rings is 1. The summed E-state index contributed by atoms with van der Waals surface area (Å²) < 4.78 is 13.1. The second-order valence-corrected chi connectivity index (χ2v) is 6.17. The van der Waals surface area contributed by atoms with E-state index in [2.05, 4.69) is 31.4 Å². The van der Waals surface area contributed by atoms with E-state index in [0.717, 1.165) is 5.65 Å². The van der Waals surface area contributed by atoms with Crippen LogP contribution in [0.3, 0.4) is 0 Å². The Morgan fingerprint density at radius 2 is 1.88 bits per heavy atom. The van der Waals surface area contributed by atoms with Crippen molar-refractivity contribution in [3.05, 3.63) is 52.4 Å². The largest absolute Gasteiger partial charge is 0.495 e. The minimum absolute atomic E-state index is 0.260. The predicted molar refractivity (Wildman–Crippen MR) is 96.1 cm³/mol. The first kappa shape index (κ1) is 17.2. The molecule has 0 aliphatic carbocycles. The Hall–Kier alpha value is -2.61. The number of hydrogen-bond donors (Lipinski definition) is 1. The van der Waals surface area contributed by atoms with Gasteiger partial charge in [0.2, 0.25) is 0 Å². The van der Waals surface area contributed by atoms with E-state index in [1.807, 2.05) is 35.7 Å². The molecule has 0 saturated heterocycles. The SMILES string of the molecule is COc1cc(C(=O)NC(C)c2nnc3ccccn23)cc(OC)c1Br. The number of nitrogens with one attached hydrogen (secondary N) is 1. The third-order valence-electron chi connectivity index (χ3n) is 3.78. The van der Waals surface area contributed by atoms with Crippen LogP contribution in [0.25, 0.3) is 5.65 Å². The van der Waals surface area contributed by atoms with Crippen LogP contribution in [-0.4, -0.2) is 34.7 Å². The molecule has 1 amide bonds. The van der Waals surface area contributed by atoms with Crippen LogP contribution >= 0.6 is 15.9 Å². The molecule has 0 aliphatic rings. The van der Waals surface area contributed by atoms with Crippen LogP contribution in [0.1, 0.15) is 29.1 Å². The zero-order valence-corrected chi connectivity index (χ0v) is 15.6. The van der Waals surface area contributed by atoms with Gasteiger partial charge in [-0.3, -0.25) is 9.20 Å². The fraction of sp³-hybridized carbons (Fsp3) is 0.235. The Morgan fingerprint density at radius 1 is 1.20 bits per heavy atom. The minimum atomic E-state index is -0.328. The minimum Gasteiger partial charge on any atom is -0.495 e. The van der Waals surface area contributed by atoms with Gasteiger partial charge in [0.25, 0.3) is 5.91 Å². The summed E-state index contributed by atoms with van der Waals surface area (Å²) in [6, 6.07) is 8.60. The molecular weight excluding hydrogens is 388 g/mol. The van der Waals surface area contributed by atoms with Crippen molar-refractivity contribution in [1.29, 1.82) is 0 Å². The summed E-state index contributed by atoms with van der Waals surface area (Å²) in [4.78, 5) is 12.6. The summed E-state index contributed by atoms with van der Waals surface area (Å²) in [5, 5.41) is 11.2. The normalized spacial score (nSPS) is 12.0. The van der Waals surface area contributed by atoms with E-state index in [-0.39, 0.29) is 11.9 Å². The number of carbonyl (C=O) groups excluding carboxylic acids is 1. The molecule has 0 bridgehead atoms. The molecule has 130 valence electrons. The highest BCUT2D eigenvalue weighted by atomic mass is 79.9. The molecule has 1 atom stereocenters. The Bertz CT molecular complexity index is 900. The second-order valence-electron chi connectivity index (χ2n) is 5.38. The maximum absolute atomic E-state index is 12.6. The van der Waals surface area contributed by atoms with E-state index >= 15 is 0 Å². The fourth-order valence-corrected chi connectivity index (χ4v) is 3.05. The van der Waals surface area contributed by atoms with Gasteiger partial charge in [-0.05, 0) is 47.1 Å². The second kappa shape index (κ2) is 7.10. The summed E-state index contributed by atoms with van der Waals surface area (Å²) >= 11 is 3.39. The van der Waals surface area contributed by atoms with Crippen LogP contribution in [0, 0.1) is 0 Å². The van der Waals surface area contributed by atoms with Crippen LogP contribution in [0.4, 0.5) is 0 Å². The number of carbonyl (C=O) groups is 1. The topological polar surface area (TPSA) is 77.8 Å². The Labute approximate surface area is 153 Å². The van der Waals surface area contributed by atoms with Crippen LogP contribution in [0.15, 0.2) is 41.0 Å². The van der Waals surface area contributed by atoms with Crippen molar-refractivity contribution in [3.8, 4) is 11.5 Å². The van der Waals surface area contributed by atoms with E-state index in [0.29, 0.717) is 27.4 Å². The Morgan fingerprint density at radius 3 is 2.52 bits per heavy atom. The molecule has 1 aromatic carbocycles. The predicted octanol–water partition coefficient (Wildman–Crippen LogP) is 3.00. The lowest BCUT2D eigenvalue weighted by Gasteiger charge is -2.15. The van der Waals surface area contributed by atoms with E-state index in [1.54, 1.807) is 12.1 Å². The number of rotatable bonds is 5. The average molecular weight is 405 g/mol. The fourth-order valence-electron chi connectivity index (χ4n) is 2.50. The maximum atomic E-state index is 12.6. The molecular formula is C17H17BrN4O3. The number of hydrogen-bond acceptors (Lipinski definition) is 5. The molecule has 3 rings (SSSR count). The summed E-state index contributed by atoms with van der Waals surface area (Å²) in [5.74, 6) is 1.43. The number of methoxy groups -OCH3 is 2. The van der Waals surface area contributed by atoms with Crippen LogP contribution in [0.2, 0.25) is 0 Å². The van der Waals surface area contributed by atoms with E-state index in [9.17, 15) is 4.79 Å². The molecule has 0 saturated carbocycles. The van der Waals surface area contributed by atoms with Crippen LogP contribution < -0.4 is 14.8 Å². The number of fused-ring (bicyclic) bond motifs is 1. The van der Waals surface area contributed by atoms with E-state index in [4.69, 9.17) is 9.47 Å². The summed E-state index contributed by atoms with van der Waals surface area (Å²) in [7, 11) is 3.07. The molecule has 3 aromatic rings. The molecule has 1 N–H and O–H groups in total. The molecule has 7 nitrogen and oxygen atoms in total. The van der Waals surface area contributed by atoms with Gasteiger partial charge in [0.1, 0.15) is 16.0 Å². The lowest BCUT2D eigenvalue weighted by molar-refractivity contribution is 0.0937. The first-order valence-electron chi connectivity index (χ1n) is 7.57. The first-order valence-corrected chi connectivity index (χ1v) is 8.36. The zero-order chi connectivity index (χ0) is 18.0. The molecule has 0 radical (unpaired) electrons. The highest BCUT2D eigenvalue weighted by Gasteiger charge is 2.19. The molecule has 2 heterocycles. The molecule has 0 fully saturated rings. The third-order valence-corrected chi connectivity index (χ3v) is 4.56. The summed E-state index contributed by atoms with van der Waals surface area (Å²) in [5.41, 5.74) is 1.16. The standard InChI is InChI=1S/C17H17BrN4O3/c1-10(16-21-20-14-6-4-5-7-22(14)16)19-17(23)11-8-12(24-2)15(18)13(9-11)25-3/h4-10H,1-3H3,(H,19,23). The average Bonchev–Trinajstić information content (AvgIpc) is 3.06. The molecule has 8 heteroatoms. The van der Waals surface area contributed by atoms with E-state index < -0.39 is 0 Å². The summed E-state index contributed by atoms with van der Waals surface area (Å²) in [6.07, 6.45) is 1.86. The number of ether oxygens (including phenoxy) is 2. The third kappa shape index (κ3) is 3.30. The smallest absolute Gasteiger partial charge is 0.252 e. The van der Waals surface area contributed by atoms with Crippen molar-refractivity contribution < 1.29 is 14.3 Å². The van der Waals surface area contributed by atoms with Gasteiger partial charge in [0.05, 0.1) is 20.3 Å². The van der Waals surface area contributed by atoms with Gasteiger partial charge in [0, 0.05) is 11.8 Å². The Balaban J connectivity index is 1.87. The lowest BCUT2D eigenvalue weighted by atomic mass is 10.1. The molecule has 0 aliphatic heterocycles. The Kier molecular flexibility index (Phi) is 4.89. The summed E-state index contributed by atoms with van der Waals surface area (Å²) in [6.45, 7) is 1.86. The van der Waals surface area contributed by atoms with Crippen LogP contribution in [-0.2, 0) is 0 Å². The maximum Gasteiger partial charge on any atom is 0.252 e. The number of halogens is 1. The van der Waals surface area contributed by atoms with Gasteiger partial charge in [-0.2, -0.15) is 0 Å². The van der Waals surface area contributed by atoms with Gasteiger partial charge in [-0.25, -0.2) is 0 Å².